The number of aliphatic hydroxyl groups is 1. The zero-order valence-electron chi connectivity index (χ0n) is 30.6. The second kappa shape index (κ2) is 29.7. The van der Waals surface area contributed by atoms with Crippen LogP contribution in [0.3, 0.4) is 0 Å². The third kappa shape index (κ3) is 35.3. The van der Waals surface area contributed by atoms with Gasteiger partial charge in [0.15, 0.2) is 6.10 Å². The summed E-state index contributed by atoms with van der Waals surface area (Å²) >= 11 is 0. The van der Waals surface area contributed by atoms with Crippen LogP contribution in [0.25, 0.3) is 0 Å². The predicted octanol–water partition coefficient (Wildman–Crippen LogP) is 8.16. The fourth-order valence-electron chi connectivity index (χ4n) is 5.01. The van der Waals surface area contributed by atoms with E-state index in [1.54, 1.807) is 0 Å². The maximum atomic E-state index is 12.6. The van der Waals surface area contributed by atoms with Crippen molar-refractivity contribution in [3.63, 3.8) is 0 Å². The van der Waals surface area contributed by atoms with Gasteiger partial charge in [0, 0.05) is 12.8 Å². The minimum atomic E-state index is -4.85. The summed E-state index contributed by atoms with van der Waals surface area (Å²) in [5, 5.41) is 9.69. The maximum absolute atomic E-state index is 12.6. The molecule has 0 aliphatic rings. The summed E-state index contributed by atoms with van der Waals surface area (Å²) in [6.07, 6.45) is 17.2. The molecule has 15 heteroatoms. The molecule has 49 heavy (non-hydrogen) atoms. The SMILES string of the molecule is CC(C)CCCCCCCCCCCC(=O)O[C@H](COC(=O)CCCCCCCCCC(C)C)COP(=O)(O)OC[C@@H](O)COP(=O)(O)O. The quantitative estimate of drug-likeness (QED) is 0.0280. The highest BCUT2D eigenvalue weighted by molar-refractivity contribution is 7.47. The zero-order chi connectivity index (χ0) is 37.0. The van der Waals surface area contributed by atoms with Gasteiger partial charge in [-0.2, -0.15) is 0 Å². The van der Waals surface area contributed by atoms with Crippen molar-refractivity contribution in [1.29, 1.82) is 0 Å². The molecule has 0 aromatic carbocycles. The number of hydrogen-bond acceptors (Lipinski definition) is 10. The number of esters is 2. The third-order valence-corrected chi connectivity index (χ3v) is 9.28. The summed E-state index contributed by atoms with van der Waals surface area (Å²) in [6.45, 7) is 6.26. The number of phosphoric acid groups is 2. The highest BCUT2D eigenvalue weighted by atomic mass is 31.2. The van der Waals surface area contributed by atoms with Gasteiger partial charge in [-0.3, -0.25) is 23.2 Å². The summed E-state index contributed by atoms with van der Waals surface area (Å²) < 4.78 is 47.5. The first-order valence-electron chi connectivity index (χ1n) is 18.4. The number of phosphoric ester groups is 2. The summed E-state index contributed by atoms with van der Waals surface area (Å²) in [5.41, 5.74) is 0. The van der Waals surface area contributed by atoms with E-state index in [9.17, 15) is 28.7 Å². The van der Waals surface area contributed by atoms with Gasteiger partial charge in [0.05, 0.1) is 19.8 Å². The summed E-state index contributed by atoms with van der Waals surface area (Å²) in [5.74, 6) is 0.452. The second-order valence-electron chi connectivity index (χ2n) is 13.8. The molecule has 0 aliphatic carbocycles. The Balaban J connectivity index is 4.60. The van der Waals surface area contributed by atoms with Crippen molar-refractivity contribution in [2.75, 3.05) is 26.4 Å². The highest BCUT2D eigenvalue weighted by Gasteiger charge is 2.28. The van der Waals surface area contributed by atoms with E-state index in [-0.39, 0.29) is 19.4 Å². The Bertz CT molecular complexity index is 926. The molecule has 13 nitrogen and oxygen atoms in total. The van der Waals surface area contributed by atoms with Crippen molar-refractivity contribution in [1.82, 2.24) is 0 Å². The Labute approximate surface area is 295 Å². The second-order valence-corrected chi connectivity index (χ2v) is 16.5. The molecular weight excluding hydrogens is 678 g/mol. The lowest BCUT2D eigenvalue weighted by molar-refractivity contribution is -0.161. The molecule has 292 valence electrons. The molecule has 0 fully saturated rings. The standard InChI is InChI=1S/C34H68O13P2/c1-29(2)21-17-13-9-6-5-7-11-16-20-24-34(37)47-32(28-46-49(41,42)45-26-31(35)25-44-48(38,39)40)27-43-33(36)23-19-15-12-8-10-14-18-22-30(3)4/h29-32,35H,5-28H2,1-4H3,(H,41,42)(H2,38,39,40)/t31-,32+/m0/s1. The molecule has 0 spiro atoms. The van der Waals surface area contributed by atoms with Gasteiger partial charge >= 0.3 is 27.6 Å². The van der Waals surface area contributed by atoms with Crippen LogP contribution >= 0.6 is 15.6 Å². The van der Waals surface area contributed by atoms with E-state index in [2.05, 4.69) is 36.7 Å². The highest BCUT2D eigenvalue weighted by Crippen LogP contribution is 2.43. The van der Waals surface area contributed by atoms with E-state index >= 15 is 0 Å². The predicted molar refractivity (Wildman–Crippen MR) is 189 cm³/mol. The van der Waals surface area contributed by atoms with Crippen LogP contribution in [0.15, 0.2) is 0 Å². The molecular formula is C34H68O13P2. The van der Waals surface area contributed by atoms with Crippen molar-refractivity contribution in [2.24, 2.45) is 11.8 Å². The van der Waals surface area contributed by atoms with Crippen LogP contribution in [0.1, 0.15) is 156 Å². The summed E-state index contributed by atoms with van der Waals surface area (Å²) in [6, 6.07) is 0. The molecule has 4 N–H and O–H groups in total. The average Bonchev–Trinajstić information content (AvgIpc) is 3.01. The first-order valence-corrected chi connectivity index (χ1v) is 21.5. The molecule has 0 aromatic rings. The van der Waals surface area contributed by atoms with Gasteiger partial charge in [-0.15, -0.1) is 0 Å². The van der Waals surface area contributed by atoms with E-state index in [0.717, 1.165) is 50.4 Å². The average molecular weight is 747 g/mol. The van der Waals surface area contributed by atoms with Crippen LogP contribution in [0.2, 0.25) is 0 Å². The number of carbonyl (C=O) groups excluding carboxylic acids is 2. The normalized spacial score (nSPS) is 14.6. The Hall–Kier alpha value is -0.880. The van der Waals surface area contributed by atoms with Gasteiger partial charge in [-0.25, -0.2) is 9.13 Å². The minimum absolute atomic E-state index is 0.135. The molecule has 0 aliphatic heterocycles. The largest absolute Gasteiger partial charge is 0.472 e. The van der Waals surface area contributed by atoms with Crippen LogP contribution < -0.4 is 0 Å². The maximum Gasteiger partial charge on any atom is 0.472 e. The fourth-order valence-corrected chi connectivity index (χ4v) is 6.17. The lowest BCUT2D eigenvalue weighted by Gasteiger charge is -2.20. The van der Waals surface area contributed by atoms with Gasteiger partial charge < -0.3 is 29.3 Å². The lowest BCUT2D eigenvalue weighted by atomic mass is 10.0. The molecule has 3 atom stereocenters. The van der Waals surface area contributed by atoms with Crippen molar-refractivity contribution in [3.05, 3.63) is 0 Å². The van der Waals surface area contributed by atoms with E-state index in [1.165, 1.54) is 64.2 Å². The molecule has 0 radical (unpaired) electrons. The number of unbranched alkanes of at least 4 members (excludes halogenated alkanes) is 14. The van der Waals surface area contributed by atoms with Crippen molar-refractivity contribution in [3.8, 4) is 0 Å². The van der Waals surface area contributed by atoms with Gasteiger partial charge in [0.2, 0.25) is 0 Å². The Morgan fingerprint density at radius 2 is 0.918 bits per heavy atom. The van der Waals surface area contributed by atoms with Crippen molar-refractivity contribution >= 4 is 27.6 Å². The van der Waals surface area contributed by atoms with Crippen LogP contribution in [0.5, 0.6) is 0 Å². The summed E-state index contributed by atoms with van der Waals surface area (Å²) in [4.78, 5) is 52.3. The van der Waals surface area contributed by atoms with Gasteiger partial charge in [-0.05, 0) is 24.7 Å². The fraction of sp³-hybridized carbons (Fsp3) is 0.941. The van der Waals surface area contributed by atoms with Gasteiger partial charge in [-0.1, -0.05) is 130 Å². The molecule has 0 heterocycles. The van der Waals surface area contributed by atoms with E-state index in [0.29, 0.717) is 12.8 Å². The number of ether oxygens (including phenoxy) is 2. The molecule has 0 rings (SSSR count). The smallest absolute Gasteiger partial charge is 0.462 e. The van der Waals surface area contributed by atoms with E-state index in [1.807, 2.05) is 0 Å². The van der Waals surface area contributed by atoms with Gasteiger partial charge in [0.1, 0.15) is 12.7 Å². The Kier molecular flexibility index (Phi) is 29.1. The number of rotatable bonds is 34. The molecule has 0 saturated carbocycles. The third-order valence-electron chi connectivity index (χ3n) is 7.84. The first kappa shape index (κ1) is 48.1. The minimum Gasteiger partial charge on any atom is -0.462 e. The Morgan fingerprint density at radius 3 is 1.37 bits per heavy atom. The van der Waals surface area contributed by atoms with Crippen LogP contribution in [-0.4, -0.2) is 70.4 Å². The zero-order valence-corrected chi connectivity index (χ0v) is 32.4. The van der Waals surface area contributed by atoms with E-state index in [4.69, 9.17) is 23.8 Å². The van der Waals surface area contributed by atoms with Crippen molar-refractivity contribution in [2.45, 2.75) is 168 Å². The number of carbonyl (C=O) groups is 2. The summed E-state index contributed by atoms with van der Waals surface area (Å²) in [7, 11) is -9.64. The van der Waals surface area contributed by atoms with Gasteiger partial charge in [0.25, 0.3) is 0 Å². The van der Waals surface area contributed by atoms with Crippen LogP contribution in [0, 0.1) is 11.8 Å². The Morgan fingerprint density at radius 1 is 0.531 bits per heavy atom. The molecule has 0 bridgehead atoms. The van der Waals surface area contributed by atoms with Crippen LogP contribution in [0.4, 0.5) is 0 Å². The molecule has 0 saturated heterocycles. The first-order chi connectivity index (χ1) is 23.1. The molecule has 1 unspecified atom stereocenters. The lowest BCUT2D eigenvalue weighted by Crippen LogP contribution is -2.30. The van der Waals surface area contributed by atoms with Crippen LogP contribution in [-0.2, 0) is 41.8 Å². The van der Waals surface area contributed by atoms with Crippen molar-refractivity contribution < 1.29 is 61.6 Å². The number of hydrogen-bond donors (Lipinski definition) is 4. The monoisotopic (exact) mass is 746 g/mol. The van der Waals surface area contributed by atoms with E-state index < -0.39 is 59.6 Å². The molecule has 0 amide bonds. The number of aliphatic hydroxyl groups excluding tert-OH is 1. The topological polar surface area (TPSA) is 195 Å². The molecule has 0 aromatic heterocycles.